The first-order valence-corrected chi connectivity index (χ1v) is 7.32. The number of benzene rings is 1. The van der Waals surface area contributed by atoms with E-state index in [0.717, 1.165) is 18.2 Å². The van der Waals surface area contributed by atoms with E-state index in [2.05, 4.69) is 5.32 Å². The molecule has 9 heteroatoms. The smallest absolute Gasteiger partial charge is 0.340 e. The zero-order valence-corrected chi connectivity index (χ0v) is 14.1. The third-order valence-electron chi connectivity index (χ3n) is 3.50. The molecule has 0 radical (unpaired) electrons. The van der Waals surface area contributed by atoms with Gasteiger partial charge in [0.15, 0.2) is 6.61 Å². The van der Waals surface area contributed by atoms with Gasteiger partial charge in [-0.1, -0.05) is 25.4 Å². The third-order valence-corrected chi connectivity index (χ3v) is 3.82. The van der Waals surface area contributed by atoms with Gasteiger partial charge < -0.3 is 10.1 Å². The van der Waals surface area contributed by atoms with E-state index in [1.807, 2.05) is 6.07 Å². The highest BCUT2D eigenvalue weighted by Crippen LogP contribution is 2.23. The largest absolute Gasteiger partial charge is 0.452 e. The second-order valence-corrected chi connectivity index (χ2v) is 5.92. The maximum atomic E-state index is 11.9. The number of hydrogen-bond acceptors (Lipinski definition) is 6. The second-order valence-electron chi connectivity index (χ2n) is 5.51. The number of carbonyl (C=O) groups excluding carboxylic acids is 2. The molecule has 0 aliphatic heterocycles. The lowest BCUT2D eigenvalue weighted by atomic mass is 9.90. The Balaban J connectivity index is 2.72. The molecular formula is C15H16ClN3O5. The molecule has 8 nitrogen and oxygen atoms in total. The van der Waals surface area contributed by atoms with Gasteiger partial charge in [0.1, 0.15) is 5.54 Å². The van der Waals surface area contributed by atoms with Crippen molar-refractivity contribution in [3.8, 4) is 6.07 Å². The lowest BCUT2D eigenvalue weighted by Crippen LogP contribution is -2.50. The first-order valence-electron chi connectivity index (χ1n) is 6.94. The summed E-state index contributed by atoms with van der Waals surface area (Å²) < 4.78 is 4.83. The molecule has 1 amide bonds. The number of nitrogens with one attached hydrogen (secondary N) is 1. The lowest BCUT2D eigenvalue weighted by molar-refractivity contribution is -0.384. The number of halogens is 1. The molecule has 0 fully saturated rings. The Hall–Kier alpha value is -2.66. The van der Waals surface area contributed by atoms with Crippen molar-refractivity contribution in [3.63, 3.8) is 0 Å². The normalized spacial score (nSPS) is 12.8. The molecule has 0 aliphatic rings. The molecule has 0 saturated heterocycles. The Kier molecular flexibility index (Phi) is 6.26. The van der Waals surface area contributed by atoms with Crippen molar-refractivity contribution >= 4 is 29.2 Å². The number of non-ortho nitro benzene ring substituents is 1. The molecule has 1 atom stereocenters. The molecule has 1 rings (SSSR count). The number of hydrogen-bond donors (Lipinski definition) is 1. The maximum Gasteiger partial charge on any atom is 0.340 e. The minimum absolute atomic E-state index is 0.0954. The number of rotatable bonds is 6. The van der Waals surface area contributed by atoms with Crippen LogP contribution >= 0.6 is 11.6 Å². The average Bonchev–Trinajstić information content (AvgIpc) is 2.51. The first-order chi connectivity index (χ1) is 11.1. The zero-order chi connectivity index (χ0) is 18.5. The van der Waals surface area contributed by atoms with Crippen molar-refractivity contribution in [1.82, 2.24) is 5.32 Å². The van der Waals surface area contributed by atoms with Crippen molar-refractivity contribution in [1.29, 1.82) is 5.26 Å². The van der Waals surface area contributed by atoms with E-state index in [9.17, 15) is 19.7 Å². The fourth-order valence-electron chi connectivity index (χ4n) is 1.62. The van der Waals surface area contributed by atoms with Crippen molar-refractivity contribution in [2.45, 2.75) is 26.3 Å². The number of nitriles is 1. The van der Waals surface area contributed by atoms with E-state index in [1.165, 1.54) is 0 Å². The Morgan fingerprint density at radius 2 is 2.12 bits per heavy atom. The van der Waals surface area contributed by atoms with Gasteiger partial charge in [-0.2, -0.15) is 5.26 Å². The molecule has 1 aromatic carbocycles. The van der Waals surface area contributed by atoms with Crippen molar-refractivity contribution in [2.75, 3.05) is 6.61 Å². The summed E-state index contributed by atoms with van der Waals surface area (Å²) in [5.41, 5.74) is -1.45. The third kappa shape index (κ3) is 4.67. The zero-order valence-electron chi connectivity index (χ0n) is 13.3. The van der Waals surface area contributed by atoms with E-state index in [1.54, 1.807) is 20.8 Å². The van der Waals surface area contributed by atoms with Crippen LogP contribution in [0.4, 0.5) is 5.69 Å². The highest BCUT2D eigenvalue weighted by atomic mass is 35.5. The molecular weight excluding hydrogens is 338 g/mol. The predicted octanol–water partition coefficient (Wildman–Crippen LogP) is 2.46. The van der Waals surface area contributed by atoms with Crippen LogP contribution in [-0.2, 0) is 9.53 Å². The van der Waals surface area contributed by atoms with Crippen LogP contribution in [0.5, 0.6) is 0 Å². The van der Waals surface area contributed by atoms with Crippen LogP contribution in [0.15, 0.2) is 18.2 Å². The number of ether oxygens (including phenoxy) is 1. The Morgan fingerprint density at radius 1 is 1.50 bits per heavy atom. The maximum absolute atomic E-state index is 11.9. The van der Waals surface area contributed by atoms with E-state index in [4.69, 9.17) is 21.6 Å². The number of nitro groups is 1. The molecule has 0 saturated carbocycles. The van der Waals surface area contributed by atoms with E-state index < -0.39 is 28.9 Å². The molecule has 0 aromatic heterocycles. The van der Waals surface area contributed by atoms with Crippen molar-refractivity contribution < 1.29 is 19.2 Å². The van der Waals surface area contributed by atoms with E-state index in [0.29, 0.717) is 0 Å². The minimum atomic E-state index is -1.09. The van der Waals surface area contributed by atoms with Gasteiger partial charge in [0.2, 0.25) is 0 Å². The van der Waals surface area contributed by atoms with Gasteiger partial charge in [-0.05, 0) is 18.9 Å². The molecule has 0 bridgehead atoms. The number of nitrogens with zero attached hydrogens (tertiary/aromatic N) is 2. The van der Waals surface area contributed by atoms with Crippen LogP contribution in [0.3, 0.4) is 0 Å². The van der Waals surface area contributed by atoms with Gasteiger partial charge in [0, 0.05) is 12.1 Å². The van der Waals surface area contributed by atoms with Crippen molar-refractivity contribution in [3.05, 3.63) is 38.9 Å². The standard InChI is InChI=1S/C15H16ClN3O5/c1-9(2)15(3,8-17)18-13(20)7-24-14(21)11-5-4-10(19(22)23)6-12(11)16/h4-6,9H,7H2,1-3H3,(H,18,20)/t15-/m0/s1. The minimum Gasteiger partial charge on any atom is -0.452 e. The summed E-state index contributed by atoms with van der Waals surface area (Å²) in [6.45, 7) is 4.50. The van der Waals surface area contributed by atoms with Gasteiger partial charge in [0.05, 0.1) is 21.6 Å². The van der Waals surface area contributed by atoms with Gasteiger partial charge in [-0.3, -0.25) is 14.9 Å². The number of carbonyl (C=O) groups is 2. The van der Waals surface area contributed by atoms with Crippen LogP contribution < -0.4 is 5.32 Å². The molecule has 128 valence electrons. The number of amides is 1. The van der Waals surface area contributed by atoms with Crippen LogP contribution in [0.1, 0.15) is 31.1 Å². The summed E-state index contributed by atoms with van der Waals surface area (Å²) in [5.74, 6) is -1.68. The predicted molar refractivity (Wildman–Crippen MR) is 85.4 cm³/mol. The summed E-state index contributed by atoms with van der Waals surface area (Å²) in [5, 5.41) is 22.1. The molecule has 0 unspecified atom stereocenters. The van der Waals surface area contributed by atoms with Crippen molar-refractivity contribution in [2.24, 2.45) is 5.92 Å². The molecule has 24 heavy (non-hydrogen) atoms. The second kappa shape index (κ2) is 7.75. The average molecular weight is 354 g/mol. The van der Waals surface area contributed by atoms with E-state index >= 15 is 0 Å². The summed E-state index contributed by atoms with van der Waals surface area (Å²) in [6, 6.07) is 5.27. The Bertz CT molecular complexity index is 714. The fraction of sp³-hybridized carbons (Fsp3) is 0.400. The van der Waals surface area contributed by atoms with Gasteiger partial charge in [-0.15, -0.1) is 0 Å². The van der Waals surface area contributed by atoms with Crippen LogP contribution in [0.2, 0.25) is 5.02 Å². The molecule has 0 aliphatic carbocycles. The summed E-state index contributed by atoms with van der Waals surface area (Å²) in [4.78, 5) is 33.7. The van der Waals surface area contributed by atoms with Crippen LogP contribution in [0, 0.1) is 27.4 Å². The number of esters is 1. The topological polar surface area (TPSA) is 122 Å². The Morgan fingerprint density at radius 3 is 2.58 bits per heavy atom. The number of nitro benzene ring substituents is 1. The first kappa shape index (κ1) is 19.4. The van der Waals surface area contributed by atoms with Gasteiger partial charge >= 0.3 is 5.97 Å². The fourth-order valence-corrected chi connectivity index (χ4v) is 1.87. The van der Waals surface area contributed by atoms with E-state index in [-0.39, 0.29) is 22.2 Å². The molecule has 1 aromatic rings. The summed E-state index contributed by atoms with van der Waals surface area (Å²) >= 11 is 5.81. The highest BCUT2D eigenvalue weighted by Gasteiger charge is 2.30. The molecule has 1 N–H and O–H groups in total. The quantitative estimate of drug-likeness (QED) is 0.476. The monoisotopic (exact) mass is 353 g/mol. The molecule has 0 spiro atoms. The highest BCUT2D eigenvalue weighted by molar-refractivity contribution is 6.33. The lowest BCUT2D eigenvalue weighted by Gasteiger charge is -2.27. The van der Waals surface area contributed by atoms with Crippen LogP contribution in [-0.4, -0.2) is 28.9 Å². The summed E-state index contributed by atoms with van der Waals surface area (Å²) in [6.07, 6.45) is 0. The van der Waals surface area contributed by atoms with Crippen LogP contribution in [0.25, 0.3) is 0 Å². The SMILES string of the molecule is CC(C)[C@](C)(C#N)NC(=O)COC(=O)c1ccc([N+](=O)[O-])cc1Cl. The Labute approximate surface area is 143 Å². The summed E-state index contributed by atoms with van der Waals surface area (Å²) in [7, 11) is 0. The molecule has 0 heterocycles. The van der Waals surface area contributed by atoms with Gasteiger partial charge in [-0.25, -0.2) is 4.79 Å². The van der Waals surface area contributed by atoms with Gasteiger partial charge in [0.25, 0.3) is 11.6 Å².